The first kappa shape index (κ1) is 11.7. The van der Waals surface area contributed by atoms with Crippen molar-refractivity contribution in [3.8, 4) is 0 Å². The lowest BCUT2D eigenvalue weighted by atomic mass is 10.1. The number of hydrogen-bond donors (Lipinski definition) is 0. The molecule has 0 rings (SSSR count). The Balaban J connectivity index is 3.46. The van der Waals surface area contributed by atoms with Crippen molar-refractivity contribution in [2.45, 2.75) is 38.7 Å². The summed E-state index contributed by atoms with van der Waals surface area (Å²) in [7, 11) is 1.64. The summed E-state index contributed by atoms with van der Waals surface area (Å²) in [5.74, 6) is 0. The van der Waals surface area contributed by atoms with Gasteiger partial charge < -0.3 is 9.47 Å². The highest BCUT2D eigenvalue weighted by atomic mass is 16.7. The van der Waals surface area contributed by atoms with Gasteiger partial charge in [-0.1, -0.05) is 25.8 Å². The van der Waals surface area contributed by atoms with E-state index >= 15 is 0 Å². The molecule has 1 atom stereocenters. The normalized spacial score (nSPS) is 12.8. The molecule has 0 N–H and O–H groups in total. The van der Waals surface area contributed by atoms with Gasteiger partial charge in [-0.05, 0) is 12.8 Å². The van der Waals surface area contributed by atoms with E-state index in [0.717, 1.165) is 12.8 Å². The summed E-state index contributed by atoms with van der Waals surface area (Å²) >= 11 is 0. The molecule has 2 nitrogen and oxygen atoms in total. The summed E-state index contributed by atoms with van der Waals surface area (Å²) in [6.07, 6.45) is 6.64. The van der Waals surface area contributed by atoms with Crippen LogP contribution in [-0.4, -0.2) is 20.0 Å². The van der Waals surface area contributed by atoms with Gasteiger partial charge in [-0.15, -0.1) is 6.58 Å². The van der Waals surface area contributed by atoms with E-state index in [2.05, 4.69) is 13.5 Å². The second-order valence-electron chi connectivity index (χ2n) is 2.86. The van der Waals surface area contributed by atoms with Gasteiger partial charge in [0.2, 0.25) is 0 Å². The van der Waals surface area contributed by atoms with Crippen LogP contribution in [0.2, 0.25) is 0 Å². The van der Waals surface area contributed by atoms with Crippen molar-refractivity contribution in [2.75, 3.05) is 13.9 Å². The SMILES string of the molecule is C=CCC(CCCC)OCOC. The fraction of sp³-hybridized carbons (Fsp3) is 0.800. The average molecular weight is 172 g/mol. The maximum Gasteiger partial charge on any atom is 0.146 e. The highest BCUT2D eigenvalue weighted by molar-refractivity contribution is 4.73. The molecule has 0 saturated heterocycles. The van der Waals surface area contributed by atoms with E-state index in [1.807, 2.05) is 6.08 Å². The van der Waals surface area contributed by atoms with E-state index in [1.165, 1.54) is 12.8 Å². The Morgan fingerprint density at radius 1 is 1.50 bits per heavy atom. The van der Waals surface area contributed by atoms with Gasteiger partial charge in [0.05, 0.1) is 6.10 Å². The molecule has 72 valence electrons. The molecule has 0 fully saturated rings. The van der Waals surface area contributed by atoms with Crippen LogP contribution in [0.1, 0.15) is 32.6 Å². The Kier molecular flexibility index (Phi) is 8.51. The Morgan fingerprint density at radius 3 is 2.75 bits per heavy atom. The highest BCUT2D eigenvalue weighted by Crippen LogP contribution is 2.08. The third-order valence-corrected chi connectivity index (χ3v) is 1.73. The van der Waals surface area contributed by atoms with Gasteiger partial charge in [0.15, 0.2) is 0 Å². The predicted octanol–water partition coefficient (Wildman–Crippen LogP) is 2.74. The van der Waals surface area contributed by atoms with Crippen molar-refractivity contribution in [2.24, 2.45) is 0 Å². The second kappa shape index (κ2) is 8.75. The summed E-state index contributed by atoms with van der Waals surface area (Å²) in [5, 5.41) is 0. The molecule has 1 unspecified atom stereocenters. The van der Waals surface area contributed by atoms with E-state index in [4.69, 9.17) is 9.47 Å². The summed E-state index contributed by atoms with van der Waals surface area (Å²) in [6.45, 7) is 6.27. The minimum absolute atomic E-state index is 0.294. The molecule has 2 heteroatoms. The molecule has 0 spiro atoms. The van der Waals surface area contributed by atoms with E-state index in [9.17, 15) is 0 Å². The molecule has 0 aliphatic carbocycles. The van der Waals surface area contributed by atoms with Crippen LogP contribution in [0.3, 0.4) is 0 Å². The molecule has 0 aliphatic heterocycles. The summed E-state index contributed by atoms with van der Waals surface area (Å²) in [4.78, 5) is 0. The number of rotatable bonds is 8. The van der Waals surface area contributed by atoms with Crippen LogP contribution in [0.25, 0.3) is 0 Å². The Hall–Kier alpha value is -0.340. The number of unbranched alkanes of at least 4 members (excludes halogenated alkanes) is 1. The lowest BCUT2D eigenvalue weighted by Crippen LogP contribution is -2.13. The third-order valence-electron chi connectivity index (χ3n) is 1.73. The minimum Gasteiger partial charge on any atom is -0.359 e. The van der Waals surface area contributed by atoms with E-state index in [1.54, 1.807) is 7.11 Å². The Labute approximate surface area is 75.6 Å². The first-order valence-corrected chi connectivity index (χ1v) is 4.56. The van der Waals surface area contributed by atoms with Gasteiger partial charge >= 0.3 is 0 Å². The molecule has 0 aromatic carbocycles. The molecular weight excluding hydrogens is 152 g/mol. The lowest BCUT2D eigenvalue weighted by molar-refractivity contribution is -0.0731. The van der Waals surface area contributed by atoms with Crippen molar-refractivity contribution in [3.63, 3.8) is 0 Å². The minimum atomic E-state index is 0.294. The van der Waals surface area contributed by atoms with Crippen molar-refractivity contribution in [1.82, 2.24) is 0 Å². The van der Waals surface area contributed by atoms with E-state index < -0.39 is 0 Å². The molecule has 0 heterocycles. The molecule has 0 radical (unpaired) electrons. The van der Waals surface area contributed by atoms with Crippen LogP contribution >= 0.6 is 0 Å². The van der Waals surface area contributed by atoms with Gasteiger partial charge in [0, 0.05) is 7.11 Å². The van der Waals surface area contributed by atoms with Crippen molar-refractivity contribution in [3.05, 3.63) is 12.7 Å². The van der Waals surface area contributed by atoms with Crippen LogP contribution in [0.5, 0.6) is 0 Å². The highest BCUT2D eigenvalue weighted by Gasteiger charge is 2.05. The average Bonchev–Trinajstić information content (AvgIpc) is 2.10. The largest absolute Gasteiger partial charge is 0.359 e. The van der Waals surface area contributed by atoms with Crippen LogP contribution < -0.4 is 0 Å². The van der Waals surface area contributed by atoms with Crippen molar-refractivity contribution in [1.29, 1.82) is 0 Å². The smallest absolute Gasteiger partial charge is 0.146 e. The standard InChI is InChI=1S/C10H20O2/c1-4-6-8-10(7-5-2)12-9-11-3/h5,10H,2,4,6-9H2,1,3H3. The molecule has 0 aliphatic rings. The topological polar surface area (TPSA) is 18.5 Å². The molecule has 0 amide bonds. The fourth-order valence-electron chi connectivity index (χ4n) is 1.05. The molecule has 0 aromatic rings. The zero-order chi connectivity index (χ0) is 9.23. The monoisotopic (exact) mass is 172 g/mol. The molecule has 0 saturated carbocycles. The maximum atomic E-state index is 5.44. The quantitative estimate of drug-likeness (QED) is 0.414. The predicted molar refractivity (Wildman–Crippen MR) is 51.1 cm³/mol. The molecule has 0 aromatic heterocycles. The second-order valence-corrected chi connectivity index (χ2v) is 2.86. The van der Waals surface area contributed by atoms with Crippen LogP contribution in [-0.2, 0) is 9.47 Å². The zero-order valence-electron chi connectivity index (χ0n) is 8.21. The first-order chi connectivity index (χ1) is 5.85. The number of methoxy groups -OCH3 is 1. The van der Waals surface area contributed by atoms with Gasteiger partial charge in [-0.2, -0.15) is 0 Å². The Morgan fingerprint density at radius 2 is 2.25 bits per heavy atom. The molecule has 12 heavy (non-hydrogen) atoms. The number of ether oxygens (including phenoxy) is 2. The molecular formula is C10H20O2. The van der Waals surface area contributed by atoms with Gasteiger partial charge in [-0.25, -0.2) is 0 Å². The first-order valence-electron chi connectivity index (χ1n) is 4.56. The zero-order valence-corrected chi connectivity index (χ0v) is 8.21. The fourth-order valence-corrected chi connectivity index (χ4v) is 1.05. The summed E-state index contributed by atoms with van der Waals surface area (Å²) in [5.41, 5.74) is 0. The van der Waals surface area contributed by atoms with Crippen molar-refractivity contribution < 1.29 is 9.47 Å². The number of hydrogen-bond acceptors (Lipinski definition) is 2. The maximum absolute atomic E-state index is 5.44. The van der Waals surface area contributed by atoms with Crippen LogP contribution in [0.15, 0.2) is 12.7 Å². The lowest BCUT2D eigenvalue weighted by Gasteiger charge is -2.14. The van der Waals surface area contributed by atoms with Crippen molar-refractivity contribution >= 4 is 0 Å². The Bertz CT molecular complexity index is 94.0. The van der Waals surface area contributed by atoms with Crippen LogP contribution in [0, 0.1) is 0 Å². The van der Waals surface area contributed by atoms with Gasteiger partial charge in [0.25, 0.3) is 0 Å². The molecule has 0 bridgehead atoms. The van der Waals surface area contributed by atoms with Gasteiger partial charge in [0.1, 0.15) is 6.79 Å². The summed E-state index contributed by atoms with van der Waals surface area (Å²) < 4.78 is 10.3. The van der Waals surface area contributed by atoms with E-state index in [-0.39, 0.29) is 0 Å². The van der Waals surface area contributed by atoms with E-state index in [0.29, 0.717) is 12.9 Å². The van der Waals surface area contributed by atoms with Crippen LogP contribution in [0.4, 0.5) is 0 Å². The van der Waals surface area contributed by atoms with Gasteiger partial charge in [-0.3, -0.25) is 0 Å². The third kappa shape index (κ3) is 6.38. The summed E-state index contributed by atoms with van der Waals surface area (Å²) in [6, 6.07) is 0.